The maximum absolute atomic E-state index is 9.06. The topological polar surface area (TPSA) is 73.8 Å². The van der Waals surface area contributed by atoms with Crippen LogP contribution in [-0.4, -0.2) is 77.9 Å². The van der Waals surface area contributed by atoms with Crippen LogP contribution in [0.25, 0.3) is 11.1 Å². The Morgan fingerprint density at radius 1 is 0.844 bits per heavy atom. The molecule has 1 saturated heterocycles. The van der Waals surface area contributed by atoms with Gasteiger partial charge in [-0.1, -0.05) is 24.3 Å². The van der Waals surface area contributed by atoms with Crippen LogP contribution < -0.4 is 10.1 Å². The molecule has 2 N–H and O–H groups in total. The molecule has 2 aromatic carbocycles. The molecule has 168 valence electrons. The molecule has 3 aromatic rings. The van der Waals surface area contributed by atoms with Crippen molar-refractivity contribution >= 4 is 11.6 Å². The summed E-state index contributed by atoms with van der Waals surface area (Å²) in [7, 11) is 1.66. The van der Waals surface area contributed by atoms with E-state index in [2.05, 4.69) is 49.4 Å². The van der Waals surface area contributed by atoms with Crippen molar-refractivity contribution in [1.29, 1.82) is 0 Å². The van der Waals surface area contributed by atoms with Gasteiger partial charge in [0.1, 0.15) is 5.75 Å². The van der Waals surface area contributed by atoms with Gasteiger partial charge in [0.2, 0.25) is 5.95 Å². The number of aliphatic hydroxyl groups excluding tert-OH is 1. The average molecular weight is 434 g/mol. The van der Waals surface area contributed by atoms with E-state index in [-0.39, 0.29) is 6.61 Å². The van der Waals surface area contributed by atoms with Crippen LogP contribution in [0.2, 0.25) is 0 Å². The van der Waals surface area contributed by atoms with Crippen LogP contribution in [-0.2, 0) is 6.42 Å². The molecule has 2 heterocycles. The zero-order valence-electron chi connectivity index (χ0n) is 18.6. The number of hydrogen-bond acceptors (Lipinski definition) is 7. The summed E-state index contributed by atoms with van der Waals surface area (Å²) in [6, 6.07) is 16.3. The van der Waals surface area contributed by atoms with Crippen LogP contribution in [0.3, 0.4) is 0 Å². The van der Waals surface area contributed by atoms with E-state index in [1.807, 2.05) is 36.7 Å². The highest BCUT2D eigenvalue weighted by Gasteiger charge is 2.15. The highest BCUT2D eigenvalue weighted by Crippen LogP contribution is 2.22. The van der Waals surface area contributed by atoms with Gasteiger partial charge in [0, 0.05) is 62.9 Å². The first kappa shape index (κ1) is 22.2. The highest BCUT2D eigenvalue weighted by atomic mass is 16.5. The first-order valence-corrected chi connectivity index (χ1v) is 11.1. The molecule has 1 aromatic heterocycles. The number of ether oxygens (including phenoxy) is 1. The fourth-order valence-corrected chi connectivity index (χ4v) is 3.87. The normalized spacial score (nSPS) is 14.9. The molecular formula is C25H31N5O2. The Labute approximate surface area is 189 Å². The zero-order valence-corrected chi connectivity index (χ0v) is 18.6. The second kappa shape index (κ2) is 11.0. The molecule has 0 amide bonds. The number of methoxy groups -OCH3 is 1. The lowest BCUT2D eigenvalue weighted by Gasteiger charge is -2.34. The molecule has 0 aliphatic carbocycles. The first-order chi connectivity index (χ1) is 15.7. The maximum atomic E-state index is 9.06. The predicted octanol–water partition coefficient (Wildman–Crippen LogP) is 3.05. The van der Waals surface area contributed by atoms with Crippen molar-refractivity contribution in [1.82, 2.24) is 19.8 Å². The number of nitrogens with one attached hydrogen (secondary N) is 1. The van der Waals surface area contributed by atoms with E-state index in [1.54, 1.807) is 7.11 Å². The van der Waals surface area contributed by atoms with E-state index in [0.29, 0.717) is 5.95 Å². The minimum atomic E-state index is 0.248. The van der Waals surface area contributed by atoms with Crippen LogP contribution in [0.15, 0.2) is 60.9 Å². The fourth-order valence-electron chi connectivity index (χ4n) is 3.87. The number of rotatable bonds is 9. The number of benzene rings is 2. The second-order valence-electron chi connectivity index (χ2n) is 8.00. The van der Waals surface area contributed by atoms with Crippen molar-refractivity contribution in [2.45, 2.75) is 6.42 Å². The van der Waals surface area contributed by atoms with Gasteiger partial charge in [-0.3, -0.25) is 4.90 Å². The van der Waals surface area contributed by atoms with E-state index in [0.717, 1.165) is 68.3 Å². The molecule has 0 bridgehead atoms. The summed E-state index contributed by atoms with van der Waals surface area (Å²) in [6.07, 6.45) is 4.69. The van der Waals surface area contributed by atoms with E-state index < -0.39 is 0 Å². The van der Waals surface area contributed by atoms with Crippen molar-refractivity contribution in [2.24, 2.45) is 0 Å². The second-order valence-corrected chi connectivity index (χ2v) is 8.00. The van der Waals surface area contributed by atoms with Crippen LogP contribution in [0.1, 0.15) is 5.56 Å². The van der Waals surface area contributed by atoms with Gasteiger partial charge < -0.3 is 20.1 Å². The summed E-state index contributed by atoms with van der Waals surface area (Å²) >= 11 is 0. The summed E-state index contributed by atoms with van der Waals surface area (Å²) in [5.74, 6) is 1.41. The van der Waals surface area contributed by atoms with Crippen LogP contribution >= 0.6 is 0 Å². The molecule has 7 nitrogen and oxygen atoms in total. The van der Waals surface area contributed by atoms with E-state index in [4.69, 9.17) is 9.84 Å². The average Bonchev–Trinajstić information content (AvgIpc) is 2.85. The molecule has 0 atom stereocenters. The molecule has 0 unspecified atom stereocenters. The number of aromatic nitrogens is 2. The monoisotopic (exact) mass is 433 g/mol. The van der Waals surface area contributed by atoms with Crippen molar-refractivity contribution in [3.05, 3.63) is 66.5 Å². The minimum absolute atomic E-state index is 0.248. The Bertz CT molecular complexity index is 953. The van der Waals surface area contributed by atoms with E-state index >= 15 is 0 Å². The molecule has 7 heteroatoms. The van der Waals surface area contributed by atoms with Crippen LogP contribution in [0.5, 0.6) is 5.75 Å². The molecule has 0 saturated carbocycles. The fraction of sp³-hybridized carbons (Fsp3) is 0.360. The molecule has 0 spiro atoms. The minimum Gasteiger partial charge on any atom is -0.497 e. The number of aliphatic hydroxyl groups is 1. The van der Waals surface area contributed by atoms with Crippen molar-refractivity contribution < 1.29 is 9.84 Å². The zero-order chi connectivity index (χ0) is 22.2. The molecule has 1 aliphatic rings. The number of β-amino-alcohol motifs (C(OH)–C–C–N with tert-alkyl or cyclic N) is 1. The van der Waals surface area contributed by atoms with Gasteiger partial charge in [0.05, 0.1) is 13.7 Å². The number of piperazine rings is 1. The van der Waals surface area contributed by atoms with Crippen LogP contribution in [0, 0.1) is 0 Å². The highest BCUT2D eigenvalue weighted by molar-refractivity contribution is 5.63. The Hall–Kier alpha value is -3.00. The Morgan fingerprint density at radius 3 is 2.06 bits per heavy atom. The lowest BCUT2D eigenvalue weighted by Crippen LogP contribution is -2.47. The quantitative estimate of drug-likeness (QED) is 0.537. The molecule has 1 aliphatic heterocycles. The van der Waals surface area contributed by atoms with E-state index in [1.165, 1.54) is 5.56 Å². The molecule has 4 rings (SSSR count). The number of anilines is 2. The Morgan fingerprint density at radius 2 is 1.47 bits per heavy atom. The molecule has 1 fully saturated rings. The van der Waals surface area contributed by atoms with E-state index in [9.17, 15) is 0 Å². The Kier molecular flexibility index (Phi) is 7.66. The van der Waals surface area contributed by atoms with Gasteiger partial charge in [-0.05, 0) is 41.8 Å². The lowest BCUT2D eigenvalue weighted by atomic mass is 10.1. The smallest absolute Gasteiger partial charge is 0.227 e. The largest absolute Gasteiger partial charge is 0.497 e. The maximum Gasteiger partial charge on any atom is 0.227 e. The van der Waals surface area contributed by atoms with Crippen molar-refractivity contribution in [3.63, 3.8) is 0 Å². The first-order valence-electron chi connectivity index (χ1n) is 11.1. The molecule has 0 radical (unpaired) electrons. The van der Waals surface area contributed by atoms with Gasteiger partial charge in [-0.2, -0.15) is 0 Å². The predicted molar refractivity (Wildman–Crippen MR) is 127 cm³/mol. The van der Waals surface area contributed by atoms with Crippen molar-refractivity contribution in [2.75, 3.05) is 58.3 Å². The SMILES string of the molecule is COc1ccc(-c2cnc(Nc3ccc(CCN4CCN(CCO)CC4)cc3)nc2)cc1. The van der Waals surface area contributed by atoms with Gasteiger partial charge in [0.25, 0.3) is 0 Å². The summed E-state index contributed by atoms with van der Waals surface area (Å²) < 4.78 is 5.20. The standard InChI is InChI=1S/C25H31N5O2/c1-32-24-8-4-21(5-9-24)22-18-26-25(27-19-22)28-23-6-2-20(3-7-23)10-11-29-12-14-30(15-13-29)16-17-31/h2-9,18-19,31H,10-17H2,1H3,(H,26,27,28). The van der Waals surface area contributed by atoms with Gasteiger partial charge in [0.15, 0.2) is 0 Å². The third-order valence-corrected chi connectivity index (χ3v) is 5.88. The molecule has 32 heavy (non-hydrogen) atoms. The number of hydrogen-bond donors (Lipinski definition) is 2. The molecular weight excluding hydrogens is 402 g/mol. The summed E-state index contributed by atoms with van der Waals surface area (Å²) in [5.41, 5.74) is 4.31. The van der Waals surface area contributed by atoms with Crippen molar-refractivity contribution in [3.8, 4) is 16.9 Å². The van der Waals surface area contributed by atoms with Gasteiger partial charge in [-0.15, -0.1) is 0 Å². The Balaban J connectivity index is 1.26. The third kappa shape index (κ3) is 6.03. The summed E-state index contributed by atoms with van der Waals surface area (Å²) in [5, 5.41) is 12.3. The lowest BCUT2D eigenvalue weighted by molar-refractivity contribution is 0.113. The summed E-state index contributed by atoms with van der Waals surface area (Å²) in [4.78, 5) is 13.7. The van der Waals surface area contributed by atoms with Crippen LogP contribution in [0.4, 0.5) is 11.6 Å². The third-order valence-electron chi connectivity index (χ3n) is 5.88. The number of nitrogens with zero attached hydrogens (tertiary/aromatic N) is 4. The summed E-state index contributed by atoms with van der Waals surface area (Å²) in [6.45, 7) is 6.33. The van der Waals surface area contributed by atoms with Gasteiger partial charge >= 0.3 is 0 Å². The van der Waals surface area contributed by atoms with Gasteiger partial charge in [-0.25, -0.2) is 9.97 Å².